The minimum Gasteiger partial charge on any atom is -0.506 e. The van der Waals surface area contributed by atoms with E-state index in [9.17, 15) is 37.8 Å². The van der Waals surface area contributed by atoms with Crippen LogP contribution in [0.4, 0.5) is 13.2 Å². The molecular formula is C28H22F3N3O7. The number of amides is 1. The van der Waals surface area contributed by atoms with Crippen LogP contribution in [-0.2, 0) is 11.0 Å². The average Bonchev–Trinajstić information content (AvgIpc) is 2.94. The molecule has 4 aromatic rings. The van der Waals surface area contributed by atoms with Gasteiger partial charge in [-0.15, -0.1) is 0 Å². The Morgan fingerprint density at radius 1 is 1.12 bits per heavy atom. The van der Waals surface area contributed by atoms with Crippen LogP contribution in [0.15, 0.2) is 65.5 Å². The van der Waals surface area contributed by atoms with Crippen molar-refractivity contribution in [1.82, 2.24) is 9.88 Å². The summed E-state index contributed by atoms with van der Waals surface area (Å²) in [5.41, 5.74) is 4.66. The second-order valence-electron chi connectivity index (χ2n) is 9.33. The lowest BCUT2D eigenvalue weighted by Crippen LogP contribution is -2.39. The van der Waals surface area contributed by atoms with Crippen molar-refractivity contribution in [2.75, 3.05) is 13.2 Å². The summed E-state index contributed by atoms with van der Waals surface area (Å²) in [4.78, 5) is 37.7. The maximum atomic E-state index is 13.8. The van der Waals surface area contributed by atoms with Crippen LogP contribution in [0.3, 0.4) is 0 Å². The number of benzene rings is 3. The van der Waals surface area contributed by atoms with Crippen LogP contribution in [0.1, 0.15) is 39.3 Å². The van der Waals surface area contributed by atoms with Gasteiger partial charge in [-0.25, -0.2) is 0 Å². The number of aliphatic carboxylic acids is 1. The topological polar surface area (TPSA) is 164 Å². The van der Waals surface area contributed by atoms with E-state index in [0.717, 1.165) is 16.7 Å². The Hall–Kier alpha value is -4.88. The Bertz CT molecular complexity index is 1750. The van der Waals surface area contributed by atoms with Crippen LogP contribution in [0.25, 0.3) is 22.0 Å². The van der Waals surface area contributed by atoms with Gasteiger partial charge < -0.3 is 31.1 Å². The molecule has 0 aliphatic carbocycles. The average molecular weight is 569 g/mol. The maximum Gasteiger partial charge on any atom is 0.416 e. The van der Waals surface area contributed by atoms with Crippen LogP contribution < -0.4 is 21.3 Å². The quantitative estimate of drug-likeness (QED) is 0.221. The van der Waals surface area contributed by atoms with Crippen molar-refractivity contribution >= 4 is 22.8 Å². The van der Waals surface area contributed by atoms with Gasteiger partial charge in [-0.05, 0) is 47.0 Å². The zero-order valence-corrected chi connectivity index (χ0v) is 21.0. The number of aromatic nitrogens is 1. The number of nitrogens with two attached hydrogens (primary N) is 1. The molecule has 10 nitrogen and oxygen atoms in total. The third-order valence-electron chi connectivity index (χ3n) is 6.78. The fourth-order valence-corrected chi connectivity index (χ4v) is 4.85. The van der Waals surface area contributed by atoms with Crippen LogP contribution >= 0.6 is 0 Å². The molecule has 212 valence electrons. The van der Waals surface area contributed by atoms with Gasteiger partial charge >= 0.3 is 12.1 Å². The second-order valence-corrected chi connectivity index (χ2v) is 9.33. The van der Waals surface area contributed by atoms with Crippen molar-refractivity contribution in [3.05, 3.63) is 93.3 Å². The highest BCUT2D eigenvalue weighted by molar-refractivity contribution is 6.05. The van der Waals surface area contributed by atoms with E-state index in [-0.39, 0.29) is 28.8 Å². The van der Waals surface area contributed by atoms with Gasteiger partial charge in [0, 0.05) is 10.9 Å². The predicted molar refractivity (Wildman–Crippen MR) is 140 cm³/mol. The first-order chi connectivity index (χ1) is 19.4. The van der Waals surface area contributed by atoms with E-state index >= 15 is 0 Å². The number of carboxylic acids is 1. The number of rotatable bonds is 6. The molecule has 0 saturated carbocycles. The molecular weight excluding hydrogens is 547 g/mol. The molecule has 0 radical (unpaired) electrons. The van der Waals surface area contributed by atoms with Crippen molar-refractivity contribution in [3.63, 3.8) is 0 Å². The SMILES string of the molecule is NC(O)c1cccc(-c2ccc3c(O)c(C(=O)NCC(=O)O)c(=O)n4c3c2OCC4c2ccc(C(F)(F)F)cc2)c1. The normalized spacial score (nSPS) is 15.3. The first-order valence-electron chi connectivity index (χ1n) is 12.2. The van der Waals surface area contributed by atoms with E-state index in [1.165, 1.54) is 18.2 Å². The lowest BCUT2D eigenvalue weighted by atomic mass is 9.96. The van der Waals surface area contributed by atoms with E-state index in [2.05, 4.69) is 5.32 Å². The Labute approximate surface area is 229 Å². The highest BCUT2D eigenvalue weighted by atomic mass is 19.4. The number of aliphatic hydroxyl groups excluding tert-OH is 1. The highest BCUT2D eigenvalue weighted by Crippen LogP contribution is 2.44. The molecule has 3 aromatic carbocycles. The lowest BCUT2D eigenvalue weighted by Gasteiger charge is -2.31. The highest BCUT2D eigenvalue weighted by Gasteiger charge is 2.34. The number of hydrogen-bond acceptors (Lipinski definition) is 7. The number of aromatic hydroxyl groups is 1. The van der Waals surface area contributed by atoms with Crippen molar-refractivity contribution in [1.29, 1.82) is 0 Å². The maximum absolute atomic E-state index is 13.8. The van der Waals surface area contributed by atoms with Crippen LogP contribution in [0, 0.1) is 0 Å². The Morgan fingerprint density at radius 3 is 2.46 bits per heavy atom. The van der Waals surface area contributed by atoms with E-state index in [1.807, 2.05) is 0 Å². The Morgan fingerprint density at radius 2 is 1.83 bits per heavy atom. The molecule has 41 heavy (non-hydrogen) atoms. The molecule has 1 amide bonds. The Kier molecular flexibility index (Phi) is 6.93. The van der Waals surface area contributed by atoms with E-state index in [1.54, 1.807) is 30.3 Å². The van der Waals surface area contributed by atoms with Crippen LogP contribution in [0.2, 0.25) is 0 Å². The molecule has 0 spiro atoms. The lowest BCUT2D eigenvalue weighted by molar-refractivity contribution is -0.138. The molecule has 5 rings (SSSR count). The van der Waals surface area contributed by atoms with E-state index < -0.39 is 59.3 Å². The summed E-state index contributed by atoms with van der Waals surface area (Å²) in [6, 6.07) is 12.6. The third-order valence-corrected chi connectivity index (χ3v) is 6.78. The number of alkyl halides is 3. The molecule has 2 unspecified atom stereocenters. The molecule has 6 N–H and O–H groups in total. The number of ether oxygens (including phenoxy) is 1. The summed E-state index contributed by atoms with van der Waals surface area (Å²) < 4.78 is 46.8. The Balaban J connectivity index is 1.78. The van der Waals surface area contributed by atoms with Gasteiger partial charge in [0.2, 0.25) is 0 Å². The number of nitrogens with zero attached hydrogens (tertiary/aromatic N) is 1. The fourth-order valence-electron chi connectivity index (χ4n) is 4.85. The zero-order chi connectivity index (χ0) is 29.6. The molecule has 1 aromatic heterocycles. The summed E-state index contributed by atoms with van der Waals surface area (Å²) in [6.07, 6.45) is -5.86. The number of carbonyl (C=O) groups is 2. The van der Waals surface area contributed by atoms with Gasteiger partial charge in [0.1, 0.15) is 30.7 Å². The van der Waals surface area contributed by atoms with Crippen LogP contribution in [-0.4, -0.2) is 44.9 Å². The molecule has 13 heteroatoms. The minimum atomic E-state index is -4.59. The van der Waals surface area contributed by atoms with Gasteiger partial charge in [0.05, 0.1) is 17.1 Å². The monoisotopic (exact) mass is 569 g/mol. The van der Waals surface area contributed by atoms with Gasteiger partial charge in [-0.2, -0.15) is 13.2 Å². The van der Waals surface area contributed by atoms with Gasteiger partial charge in [-0.3, -0.25) is 19.0 Å². The number of carboxylic acid groups (broad SMARTS) is 1. The summed E-state index contributed by atoms with van der Waals surface area (Å²) in [5, 5.41) is 31.9. The largest absolute Gasteiger partial charge is 0.506 e. The summed E-state index contributed by atoms with van der Waals surface area (Å²) >= 11 is 0. The molecule has 2 heterocycles. The molecule has 0 saturated heterocycles. The third kappa shape index (κ3) is 4.96. The van der Waals surface area contributed by atoms with Crippen molar-refractivity contribution in [3.8, 4) is 22.6 Å². The van der Waals surface area contributed by atoms with E-state index in [4.69, 9.17) is 15.6 Å². The van der Waals surface area contributed by atoms with Crippen molar-refractivity contribution in [2.45, 2.75) is 18.4 Å². The molecule has 1 aliphatic rings. The van der Waals surface area contributed by atoms with Crippen molar-refractivity contribution < 1.29 is 42.8 Å². The molecule has 1 aliphatic heterocycles. The van der Waals surface area contributed by atoms with Crippen LogP contribution in [0.5, 0.6) is 11.5 Å². The first kappa shape index (κ1) is 27.7. The predicted octanol–water partition coefficient (Wildman–Crippen LogP) is 3.14. The minimum absolute atomic E-state index is 0.00968. The first-order valence-corrected chi connectivity index (χ1v) is 12.2. The molecule has 0 bridgehead atoms. The fraction of sp³-hybridized carbons (Fsp3) is 0.179. The summed E-state index contributed by atoms with van der Waals surface area (Å²) in [7, 11) is 0. The summed E-state index contributed by atoms with van der Waals surface area (Å²) in [6.45, 7) is -1.06. The number of hydrogen-bond donors (Lipinski definition) is 5. The number of carbonyl (C=O) groups excluding carboxylic acids is 1. The molecule has 2 atom stereocenters. The number of aliphatic hydroxyl groups is 1. The summed E-state index contributed by atoms with van der Waals surface area (Å²) in [5.74, 6) is -3.11. The second kappa shape index (κ2) is 10.3. The van der Waals surface area contributed by atoms with Gasteiger partial charge in [0.25, 0.3) is 11.5 Å². The number of pyridine rings is 1. The van der Waals surface area contributed by atoms with Gasteiger partial charge in [-0.1, -0.05) is 30.3 Å². The van der Waals surface area contributed by atoms with E-state index in [0.29, 0.717) is 16.7 Å². The molecule has 0 fully saturated rings. The van der Waals surface area contributed by atoms with Crippen molar-refractivity contribution in [2.24, 2.45) is 5.73 Å². The van der Waals surface area contributed by atoms with Gasteiger partial charge in [0.15, 0.2) is 5.75 Å². The zero-order valence-electron chi connectivity index (χ0n) is 21.0. The standard InChI is InChI=1S/C28H22F3N3O7/c29-28(30,31)16-6-4-13(5-7-16)19-12-41-24-17(14-2-1-3-15(10-14)25(32)38)8-9-18-22(24)34(19)27(40)21(23(18)37)26(39)33-11-20(35)36/h1-10,19,25,37-38H,11-12,32H2,(H,33,39)(H,35,36). The number of nitrogens with one attached hydrogen (secondary N) is 1. The smallest absolute Gasteiger partial charge is 0.416 e. The number of halogens is 3.